The Morgan fingerprint density at radius 1 is 1.20 bits per heavy atom. The van der Waals surface area contributed by atoms with Crippen molar-refractivity contribution in [3.63, 3.8) is 0 Å². The van der Waals surface area contributed by atoms with E-state index in [4.69, 9.17) is 4.74 Å². The van der Waals surface area contributed by atoms with Gasteiger partial charge in [-0.1, -0.05) is 30.3 Å². The molecule has 2 N–H and O–H groups in total. The van der Waals surface area contributed by atoms with Crippen LogP contribution in [-0.2, 0) is 24.3 Å². The lowest BCUT2D eigenvalue weighted by Crippen LogP contribution is -2.24. The summed E-state index contributed by atoms with van der Waals surface area (Å²) in [6.07, 6.45) is 3.32. The van der Waals surface area contributed by atoms with Gasteiger partial charge >= 0.3 is 5.97 Å². The summed E-state index contributed by atoms with van der Waals surface area (Å²) in [7, 11) is 1.70. The summed E-state index contributed by atoms with van der Waals surface area (Å²) in [5, 5.41) is 12.8. The lowest BCUT2D eigenvalue weighted by atomic mass is 9.82. The van der Waals surface area contributed by atoms with E-state index >= 15 is 0 Å². The van der Waals surface area contributed by atoms with Crippen LogP contribution in [0.25, 0.3) is 0 Å². The molecule has 0 saturated heterocycles. The molecule has 2 aromatic carbocycles. The second kappa shape index (κ2) is 8.28. The number of carboxylic acid groups (broad SMARTS) is 1. The molecule has 0 heterocycles. The molecule has 4 nitrogen and oxygen atoms in total. The number of hydrogen-bond donors (Lipinski definition) is 2. The molecule has 0 radical (unpaired) electrons. The Labute approximate surface area is 148 Å². The maximum Gasteiger partial charge on any atom is 0.335 e. The minimum atomic E-state index is -0.851. The van der Waals surface area contributed by atoms with Gasteiger partial charge in [0.05, 0.1) is 12.2 Å². The highest BCUT2D eigenvalue weighted by atomic mass is 16.5. The van der Waals surface area contributed by atoms with E-state index in [9.17, 15) is 9.90 Å². The van der Waals surface area contributed by atoms with Gasteiger partial charge in [0.25, 0.3) is 0 Å². The number of aryl methyl sites for hydroxylation is 1. The fourth-order valence-corrected chi connectivity index (χ4v) is 3.55. The number of ether oxygens (including phenoxy) is 1. The molecular formula is C21H25NO3. The van der Waals surface area contributed by atoms with E-state index in [1.54, 1.807) is 13.2 Å². The molecule has 2 aromatic rings. The molecular weight excluding hydrogens is 314 g/mol. The van der Waals surface area contributed by atoms with Gasteiger partial charge in [0.15, 0.2) is 0 Å². The predicted octanol–water partition coefficient (Wildman–Crippen LogP) is 3.74. The first kappa shape index (κ1) is 17.6. The first-order chi connectivity index (χ1) is 12.2. The minimum Gasteiger partial charge on any atom is -0.478 e. The second-order valence-electron chi connectivity index (χ2n) is 6.69. The largest absolute Gasteiger partial charge is 0.478 e. The lowest BCUT2D eigenvalue weighted by Gasteiger charge is -2.26. The Morgan fingerprint density at radius 3 is 2.68 bits per heavy atom. The molecule has 0 aliphatic heterocycles. The number of carbonyl (C=O) groups is 1. The quantitative estimate of drug-likeness (QED) is 0.807. The topological polar surface area (TPSA) is 58.6 Å². The third kappa shape index (κ3) is 4.47. The molecule has 0 spiro atoms. The summed E-state index contributed by atoms with van der Waals surface area (Å²) in [6.45, 7) is 2.33. The van der Waals surface area contributed by atoms with Crippen LogP contribution in [0.3, 0.4) is 0 Å². The molecule has 1 atom stereocenters. The van der Waals surface area contributed by atoms with Gasteiger partial charge in [0, 0.05) is 20.2 Å². The standard InChI is InChI=1S/C21H25NO3/c1-25-14-16-7-5-15(6-8-16)12-22-13-19-4-2-3-17-9-10-18(21(23)24)11-20(17)19/h5-11,19,22H,2-4,12-14H2,1H3,(H,23,24). The molecule has 4 heteroatoms. The fraction of sp³-hybridized carbons (Fsp3) is 0.381. The zero-order valence-corrected chi connectivity index (χ0v) is 14.6. The van der Waals surface area contributed by atoms with Crippen LogP contribution in [0.2, 0.25) is 0 Å². The molecule has 0 saturated carbocycles. The van der Waals surface area contributed by atoms with Crippen LogP contribution >= 0.6 is 0 Å². The number of rotatable bonds is 7. The number of methoxy groups -OCH3 is 1. The van der Waals surface area contributed by atoms with Crippen LogP contribution in [0.4, 0.5) is 0 Å². The highest BCUT2D eigenvalue weighted by molar-refractivity contribution is 5.88. The number of carboxylic acids is 1. The van der Waals surface area contributed by atoms with Gasteiger partial charge in [-0.15, -0.1) is 0 Å². The van der Waals surface area contributed by atoms with E-state index < -0.39 is 5.97 Å². The van der Waals surface area contributed by atoms with E-state index in [1.165, 1.54) is 22.3 Å². The maximum atomic E-state index is 11.2. The average Bonchev–Trinajstić information content (AvgIpc) is 2.63. The summed E-state index contributed by atoms with van der Waals surface area (Å²) >= 11 is 0. The van der Waals surface area contributed by atoms with Gasteiger partial charge in [-0.05, 0) is 59.6 Å². The molecule has 0 bridgehead atoms. The Morgan fingerprint density at radius 2 is 1.96 bits per heavy atom. The normalized spacial score (nSPS) is 16.4. The van der Waals surface area contributed by atoms with Crippen molar-refractivity contribution in [2.45, 2.75) is 38.3 Å². The molecule has 0 aromatic heterocycles. The average molecular weight is 339 g/mol. The third-order valence-corrected chi connectivity index (χ3v) is 4.89. The Hall–Kier alpha value is -2.17. The van der Waals surface area contributed by atoms with E-state index in [2.05, 4.69) is 29.6 Å². The predicted molar refractivity (Wildman–Crippen MR) is 97.9 cm³/mol. The molecule has 0 fully saturated rings. The summed E-state index contributed by atoms with van der Waals surface area (Å²) in [6, 6.07) is 14.0. The summed E-state index contributed by atoms with van der Waals surface area (Å²) in [5.41, 5.74) is 5.31. The monoisotopic (exact) mass is 339 g/mol. The number of benzene rings is 2. The zero-order valence-electron chi connectivity index (χ0n) is 14.6. The van der Waals surface area contributed by atoms with Crippen LogP contribution in [0, 0.1) is 0 Å². The molecule has 25 heavy (non-hydrogen) atoms. The number of hydrogen-bond acceptors (Lipinski definition) is 3. The Kier molecular flexibility index (Phi) is 5.84. The Balaban J connectivity index is 1.61. The molecule has 3 rings (SSSR count). The first-order valence-corrected chi connectivity index (χ1v) is 8.81. The third-order valence-electron chi connectivity index (χ3n) is 4.89. The first-order valence-electron chi connectivity index (χ1n) is 8.81. The molecule has 0 amide bonds. The highest BCUT2D eigenvalue weighted by Crippen LogP contribution is 2.32. The number of fused-ring (bicyclic) bond motifs is 1. The number of aromatic carboxylic acids is 1. The maximum absolute atomic E-state index is 11.2. The van der Waals surface area contributed by atoms with Crippen LogP contribution in [0.15, 0.2) is 42.5 Å². The van der Waals surface area contributed by atoms with Gasteiger partial charge in [0.1, 0.15) is 0 Å². The minimum absolute atomic E-state index is 0.385. The second-order valence-corrected chi connectivity index (χ2v) is 6.69. The van der Waals surface area contributed by atoms with Crippen LogP contribution < -0.4 is 5.32 Å². The molecule has 1 aliphatic rings. The molecule has 1 aliphatic carbocycles. The lowest BCUT2D eigenvalue weighted by molar-refractivity contribution is 0.0696. The Bertz CT molecular complexity index is 724. The highest BCUT2D eigenvalue weighted by Gasteiger charge is 2.21. The summed E-state index contributed by atoms with van der Waals surface area (Å²) in [5.74, 6) is -0.466. The molecule has 132 valence electrons. The summed E-state index contributed by atoms with van der Waals surface area (Å²) in [4.78, 5) is 11.2. The van der Waals surface area contributed by atoms with Crippen molar-refractivity contribution in [1.29, 1.82) is 0 Å². The smallest absolute Gasteiger partial charge is 0.335 e. The van der Waals surface area contributed by atoms with Gasteiger partial charge < -0.3 is 15.2 Å². The van der Waals surface area contributed by atoms with Gasteiger partial charge in [-0.25, -0.2) is 4.79 Å². The van der Waals surface area contributed by atoms with Crippen LogP contribution in [0.1, 0.15) is 51.4 Å². The van der Waals surface area contributed by atoms with E-state index in [0.29, 0.717) is 18.1 Å². The van der Waals surface area contributed by atoms with Crippen molar-refractivity contribution in [3.8, 4) is 0 Å². The fourth-order valence-electron chi connectivity index (χ4n) is 3.55. The zero-order chi connectivity index (χ0) is 17.6. The van der Waals surface area contributed by atoms with Crippen molar-refractivity contribution in [2.24, 2.45) is 0 Å². The number of nitrogens with one attached hydrogen (secondary N) is 1. The van der Waals surface area contributed by atoms with Gasteiger partial charge in [0.2, 0.25) is 0 Å². The van der Waals surface area contributed by atoms with E-state index in [0.717, 1.165) is 32.4 Å². The van der Waals surface area contributed by atoms with E-state index in [1.807, 2.05) is 12.1 Å². The van der Waals surface area contributed by atoms with Crippen molar-refractivity contribution in [3.05, 3.63) is 70.3 Å². The SMILES string of the molecule is COCc1ccc(CNCC2CCCc3ccc(C(=O)O)cc32)cc1. The molecule has 1 unspecified atom stereocenters. The van der Waals surface area contributed by atoms with Gasteiger partial charge in [-0.3, -0.25) is 0 Å². The summed E-state index contributed by atoms with van der Waals surface area (Å²) < 4.78 is 5.13. The van der Waals surface area contributed by atoms with Crippen LogP contribution in [-0.4, -0.2) is 24.7 Å². The van der Waals surface area contributed by atoms with Gasteiger partial charge in [-0.2, -0.15) is 0 Å². The van der Waals surface area contributed by atoms with E-state index in [-0.39, 0.29) is 0 Å². The van der Waals surface area contributed by atoms with Crippen molar-refractivity contribution >= 4 is 5.97 Å². The van der Waals surface area contributed by atoms with Crippen molar-refractivity contribution in [1.82, 2.24) is 5.32 Å². The van der Waals surface area contributed by atoms with Crippen molar-refractivity contribution in [2.75, 3.05) is 13.7 Å². The van der Waals surface area contributed by atoms with Crippen molar-refractivity contribution < 1.29 is 14.6 Å². The van der Waals surface area contributed by atoms with Crippen LogP contribution in [0.5, 0.6) is 0 Å².